The first kappa shape index (κ1) is 15.7. The first-order valence-corrected chi connectivity index (χ1v) is 7.72. The topological polar surface area (TPSA) is 70.0 Å². The monoisotopic (exact) mass is 348 g/mol. The standard InChI is InChI=1S/C16H17BrN2O2/c1-9(2)19-16(21)14(8-18)15(20)13-7-12(13)10-4-3-5-11(17)6-10/h3-6,9,12-14H,7H2,1-2H3,(H,19,21)/t12-,13+,14+/m0/s1. The van der Waals surface area contributed by atoms with Gasteiger partial charge in [-0.3, -0.25) is 9.59 Å². The molecule has 3 atom stereocenters. The maximum absolute atomic E-state index is 12.3. The van der Waals surface area contributed by atoms with E-state index in [0.29, 0.717) is 6.42 Å². The Kier molecular flexibility index (Phi) is 4.79. The fourth-order valence-corrected chi connectivity index (χ4v) is 2.87. The zero-order valence-electron chi connectivity index (χ0n) is 12.0. The van der Waals surface area contributed by atoms with Gasteiger partial charge in [0.15, 0.2) is 11.7 Å². The number of Topliss-reactive ketones (excluding diaryl/α,β-unsaturated/α-hetero) is 1. The SMILES string of the molecule is CC(C)NC(=O)[C@H](C#N)C(=O)[C@@H]1C[C@H]1c1cccc(Br)c1. The lowest BCUT2D eigenvalue weighted by Crippen LogP contribution is -2.39. The van der Waals surface area contributed by atoms with Crippen molar-refractivity contribution >= 4 is 27.6 Å². The molecular formula is C16H17BrN2O2. The predicted molar refractivity (Wildman–Crippen MR) is 82.4 cm³/mol. The molecule has 0 aliphatic heterocycles. The van der Waals surface area contributed by atoms with Crippen molar-refractivity contribution in [1.82, 2.24) is 5.32 Å². The van der Waals surface area contributed by atoms with E-state index in [9.17, 15) is 9.59 Å². The van der Waals surface area contributed by atoms with E-state index in [2.05, 4.69) is 21.2 Å². The van der Waals surface area contributed by atoms with Gasteiger partial charge in [0.25, 0.3) is 0 Å². The molecular weight excluding hydrogens is 332 g/mol. The Bertz CT molecular complexity index is 607. The lowest BCUT2D eigenvalue weighted by molar-refractivity contribution is -0.132. The van der Waals surface area contributed by atoms with Gasteiger partial charge in [-0.1, -0.05) is 28.1 Å². The van der Waals surface area contributed by atoms with Gasteiger partial charge in [0.1, 0.15) is 0 Å². The normalized spacial score (nSPS) is 21.5. The summed E-state index contributed by atoms with van der Waals surface area (Å²) >= 11 is 3.41. The van der Waals surface area contributed by atoms with Gasteiger partial charge in [0.05, 0.1) is 6.07 Å². The van der Waals surface area contributed by atoms with Gasteiger partial charge in [-0.05, 0) is 43.9 Å². The van der Waals surface area contributed by atoms with Crippen LogP contribution in [-0.2, 0) is 9.59 Å². The second-order valence-corrected chi connectivity index (χ2v) is 6.55. The molecule has 2 rings (SSSR count). The summed E-state index contributed by atoms with van der Waals surface area (Å²) in [5.74, 6) is -2.05. The van der Waals surface area contributed by atoms with E-state index in [0.717, 1.165) is 10.0 Å². The summed E-state index contributed by atoms with van der Waals surface area (Å²) < 4.78 is 0.965. The average Bonchev–Trinajstić information content (AvgIpc) is 3.18. The molecule has 1 aromatic carbocycles. The number of carbonyl (C=O) groups excluding carboxylic acids is 2. The van der Waals surface area contributed by atoms with Gasteiger partial charge in [0.2, 0.25) is 5.91 Å². The fraction of sp³-hybridized carbons (Fsp3) is 0.438. The second-order valence-electron chi connectivity index (χ2n) is 5.63. The molecule has 4 nitrogen and oxygen atoms in total. The lowest BCUT2D eigenvalue weighted by atomic mass is 9.98. The van der Waals surface area contributed by atoms with Crippen LogP contribution in [0.25, 0.3) is 0 Å². The van der Waals surface area contributed by atoms with Crippen LogP contribution in [0, 0.1) is 23.2 Å². The number of nitrogens with zero attached hydrogens (tertiary/aromatic N) is 1. The van der Waals surface area contributed by atoms with Crippen molar-refractivity contribution in [1.29, 1.82) is 5.26 Å². The summed E-state index contributed by atoms with van der Waals surface area (Å²) in [7, 11) is 0. The van der Waals surface area contributed by atoms with E-state index in [1.165, 1.54) is 0 Å². The molecule has 110 valence electrons. The molecule has 1 fully saturated rings. The molecule has 1 amide bonds. The second kappa shape index (κ2) is 6.40. The largest absolute Gasteiger partial charge is 0.352 e. The van der Waals surface area contributed by atoms with Crippen molar-refractivity contribution in [3.8, 4) is 6.07 Å². The van der Waals surface area contributed by atoms with Gasteiger partial charge < -0.3 is 5.32 Å². The molecule has 1 N–H and O–H groups in total. The van der Waals surface area contributed by atoms with Gasteiger partial charge in [-0.15, -0.1) is 0 Å². The maximum Gasteiger partial charge on any atom is 0.245 e. The fourth-order valence-electron chi connectivity index (χ4n) is 2.45. The number of rotatable bonds is 5. The third-order valence-electron chi connectivity index (χ3n) is 3.54. The molecule has 0 aromatic heterocycles. The van der Waals surface area contributed by atoms with Crippen molar-refractivity contribution in [2.24, 2.45) is 11.8 Å². The van der Waals surface area contributed by atoms with Crippen LogP contribution < -0.4 is 5.32 Å². The highest BCUT2D eigenvalue weighted by molar-refractivity contribution is 9.10. The molecule has 0 radical (unpaired) electrons. The highest BCUT2D eigenvalue weighted by atomic mass is 79.9. The molecule has 5 heteroatoms. The van der Waals surface area contributed by atoms with Gasteiger partial charge in [0, 0.05) is 16.4 Å². The molecule has 1 saturated carbocycles. The summed E-state index contributed by atoms with van der Waals surface area (Å²) in [6.07, 6.45) is 0.711. The van der Waals surface area contributed by atoms with E-state index in [1.807, 2.05) is 30.3 Å². The van der Waals surface area contributed by atoms with E-state index < -0.39 is 11.8 Å². The first-order chi connectivity index (χ1) is 9.93. The molecule has 1 aromatic rings. The van der Waals surface area contributed by atoms with Crippen LogP contribution >= 0.6 is 15.9 Å². The number of halogens is 1. The third-order valence-corrected chi connectivity index (χ3v) is 4.03. The van der Waals surface area contributed by atoms with Crippen molar-refractivity contribution in [3.63, 3.8) is 0 Å². The highest BCUT2D eigenvalue weighted by Crippen LogP contribution is 2.49. The number of nitriles is 1. The first-order valence-electron chi connectivity index (χ1n) is 6.93. The average molecular weight is 349 g/mol. The molecule has 1 aliphatic carbocycles. The Morgan fingerprint density at radius 3 is 2.71 bits per heavy atom. The molecule has 0 spiro atoms. The molecule has 0 heterocycles. The molecule has 0 saturated heterocycles. The van der Waals surface area contributed by atoms with E-state index in [1.54, 1.807) is 13.8 Å². The Balaban J connectivity index is 2.05. The lowest BCUT2D eigenvalue weighted by Gasteiger charge is -2.12. The zero-order valence-corrected chi connectivity index (χ0v) is 13.6. The van der Waals surface area contributed by atoms with Gasteiger partial charge in [-0.2, -0.15) is 5.26 Å². The van der Waals surface area contributed by atoms with Crippen LogP contribution in [0.1, 0.15) is 31.7 Å². The number of hydrogen-bond acceptors (Lipinski definition) is 3. The summed E-state index contributed by atoms with van der Waals surface area (Å²) in [5.41, 5.74) is 1.07. The molecule has 0 bridgehead atoms. The van der Waals surface area contributed by atoms with Crippen LogP contribution in [0.2, 0.25) is 0 Å². The smallest absolute Gasteiger partial charge is 0.245 e. The van der Waals surface area contributed by atoms with E-state index in [-0.39, 0.29) is 23.7 Å². The van der Waals surface area contributed by atoms with E-state index >= 15 is 0 Å². The van der Waals surface area contributed by atoms with Crippen LogP contribution in [0.5, 0.6) is 0 Å². The maximum atomic E-state index is 12.3. The predicted octanol–water partition coefficient (Wildman–Crippen LogP) is 2.79. The van der Waals surface area contributed by atoms with E-state index in [4.69, 9.17) is 5.26 Å². The summed E-state index contributed by atoms with van der Waals surface area (Å²) in [4.78, 5) is 24.2. The van der Waals surface area contributed by atoms with Crippen LogP contribution in [0.3, 0.4) is 0 Å². The number of ketones is 1. The third kappa shape index (κ3) is 3.70. The Morgan fingerprint density at radius 2 is 2.14 bits per heavy atom. The van der Waals surface area contributed by atoms with Gasteiger partial charge >= 0.3 is 0 Å². The molecule has 0 unspecified atom stereocenters. The summed E-state index contributed by atoms with van der Waals surface area (Å²) in [6, 6.07) is 9.56. The number of nitrogens with one attached hydrogen (secondary N) is 1. The molecule has 21 heavy (non-hydrogen) atoms. The van der Waals surface area contributed by atoms with Crippen molar-refractivity contribution in [3.05, 3.63) is 34.3 Å². The number of hydrogen-bond donors (Lipinski definition) is 1. The Labute approximate surface area is 132 Å². The Hall–Kier alpha value is -1.67. The number of benzene rings is 1. The Morgan fingerprint density at radius 1 is 1.43 bits per heavy atom. The van der Waals surface area contributed by atoms with Crippen LogP contribution in [-0.4, -0.2) is 17.7 Å². The van der Waals surface area contributed by atoms with Crippen LogP contribution in [0.15, 0.2) is 28.7 Å². The van der Waals surface area contributed by atoms with Crippen molar-refractivity contribution in [2.45, 2.75) is 32.2 Å². The van der Waals surface area contributed by atoms with Gasteiger partial charge in [-0.25, -0.2) is 0 Å². The quantitative estimate of drug-likeness (QED) is 0.831. The number of amides is 1. The number of carbonyl (C=O) groups is 2. The van der Waals surface area contributed by atoms with Crippen molar-refractivity contribution in [2.75, 3.05) is 0 Å². The minimum atomic E-state index is -1.20. The minimum absolute atomic E-state index is 0.0822. The minimum Gasteiger partial charge on any atom is -0.352 e. The van der Waals surface area contributed by atoms with Crippen LogP contribution in [0.4, 0.5) is 0 Å². The zero-order chi connectivity index (χ0) is 15.6. The summed E-state index contributed by atoms with van der Waals surface area (Å²) in [5, 5.41) is 11.7. The summed E-state index contributed by atoms with van der Waals surface area (Å²) in [6.45, 7) is 3.61. The van der Waals surface area contributed by atoms with Crippen molar-refractivity contribution < 1.29 is 9.59 Å². The molecule has 1 aliphatic rings. The highest BCUT2D eigenvalue weighted by Gasteiger charge is 2.47.